The molecule has 0 aliphatic heterocycles. The van der Waals surface area contributed by atoms with E-state index in [0.717, 1.165) is 26.5 Å². The van der Waals surface area contributed by atoms with Crippen molar-refractivity contribution < 1.29 is 13.5 Å². The Morgan fingerprint density at radius 1 is 0.852 bits per heavy atom. The van der Waals surface area contributed by atoms with Gasteiger partial charge in [0.2, 0.25) is 10.0 Å². The van der Waals surface area contributed by atoms with Crippen LogP contribution in [0.1, 0.15) is 16.7 Å². The van der Waals surface area contributed by atoms with E-state index in [9.17, 15) is 13.5 Å². The second-order valence-electron chi connectivity index (χ2n) is 6.11. The monoisotopic (exact) mass is 399 g/mol. The van der Waals surface area contributed by atoms with Gasteiger partial charge < -0.3 is 5.11 Å². The molecule has 0 atom stereocenters. The van der Waals surface area contributed by atoms with Gasteiger partial charge in [0.05, 0.1) is 11.5 Å². The zero-order chi connectivity index (χ0) is 19.3. The van der Waals surface area contributed by atoms with Crippen LogP contribution < -0.4 is 4.72 Å². The number of nitrogens with one attached hydrogen (secondary N) is 1. The predicted molar refractivity (Wildman–Crippen MR) is 108 cm³/mol. The predicted octanol–water partition coefficient (Wildman–Crippen LogP) is 4.12. The third kappa shape index (κ3) is 4.99. The maximum absolute atomic E-state index is 12.5. The maximum Gasteiger partial charge on any atom is 0.240 e. The zero-order valence-corrected chi connectivity index (χ0v) is 16.6. The second kappa shape index (κ2) is 8.71. The summed E-state index contributed by atoms with van der Waals surface area (Å²) >= 11 is 1.52. The molecule has 0 radical (unpaired) electrons. The van der Waals surface area contributed by atoms with Crippen LogP contribution in [-0.4, -0.2) is 13.5 Å². The highest BCUT2D eigenvalue weighted by molar-refractivity contribution is 7.99. The fourth-order valence-corrected chi connectivity index (χ4v) is 4.65. The number of aryl methyl sites for hydroxylation is 1. The fourth-order valence-electron chi connectivity index (χ4n) is 2.58. The van der Waals surface area contributed by atoms with Crippen molar-refractivity contribution in [1.29, 1.82) is 0 Å². The molecule has 6 heteroatoms. The summed E-state index contributed by atoms with van der Waals surface area (Å²) in [5.41, 5.74) is 2.74. The number of sulfonamides is 1. The Morgan fingerprint density at radius 2 is 1.41 bits per heavy atom. The zero-order valence-electron chi connectivity index (χ0n) is 14.9. The van der Waals surface area contributed by atoms with Crippen molar-refractivity contribution in [2.24, 2.45) is 0 Å². The van der Waals surface area contributed by atoms with E-state index in [1.165, 1.54) is 11.8 Å². The molecule has 0 aromatic heterocycles. The Hall–Kier alpha value is -2.12. The van der Waals surface area contributed by atoms with Gasteiger partial charge in [-0.3, -0.25) is 0 Å². The molecule has 0 bridgehead atoms. The SMILES string of the molecule is Cc1ccc(S(=O)(=O)NCc2ccccc2Sc2ccccc2CO)cc1. The number of hydrogen-bond acceptors (Lipinski definition) is 4. The summed E-state index contributed by atoms with van der Waals surface area (Å²) in [7, 11) is -3.58. The molecule has 2 N–H and O–H groups in total. The summed E-state index contributed by atoms with van der Waals surface area (Å²) in [6.07, 6.45) is 0. The molecule has 4 nitrogen and oxygen atoms in total. The van der Waals surface area contributed by atoms with Crippen molar-refractivity contribution in [3.8, 4) is 0 Å². The molecule has 0 spiro atoms. The van der Waals surface area contributed by atoms with Crippen molar-refractivity contribution >= 4 is 21.8 Å². The molecular weight excluding hydrogens is 378 g/mol. The van der Waals surface area contributed by atoms with Gasteiger partial charge in [-0.15, -0.1) is 0 Å². The Labute approximate surface area is 164 Å². The van der Waals surface area contributed by atoms with E-state index >= 15 is 0 Å². The van der Waals surface area contributed by atoms with Crippen molar-refractivity contribution in [2.75, 3.05) is 0 Å². The van der Waals surface area contributed by atoms with E-state index in [2.05, 4.69) is 4.72 Å². The average Bonchev–Trinajstić information content (AvgIpc) is 2.68. The highest BCUT2D eigenvalue weighted by Crippen LogP contribution is 2.33. The Balaban J connectivity index is 1.79. The molecule has 0 amide bonds. The molecule has 0 fully saturated rings. The summed E-state index contributed by atoms with van der Waals surface area (Å²) in [4.78, 5) is 2.16. The first-order chi connectivity index (χ1) is 13.0. The molecule has 3 aromatic carbocycles. The molecule has 0 saturated heterocycles. The van der Waals surface area contributed by atoms with Gasteiger partial charge in [-0.2, -0.15) is 0 Å². The molecule has 0 aliphatic carbocycles. The van der Waals surface area contributed by atoms with E-state index in [0.29, 0.717) is 0 Å². The lowest BCUT2D eigenvalue weighted by molar-refractivity contribution is 0.279. The van der Waals surface area contributed by atoms with Crippen LogP contribution >= 0.6 is 11.8 Å². The summed E-state index contributed by atoms with van der Waals surface area (Å²) < 4.78 is 27.7. The molecule has 0 unspecified atom stereocenters. The van der Waals surface area contributed by atoms with Crippen LogP contribution in [0.5, 0.6) is 0 Å². The van der Waals surface area contributed by atoms with Crippen molar-refractivity contribution in [2.45, 2.75) is 34.8 Å². The van der Waals surface area contributed by atoms with Gasteiger partial charge in [-0.25, -0.2) is 13.1 Å². The van der Waals surface area contributed by atoms with Crippen molar-refractivity contribution in [3.63, 3.8) is 0 Å². The number of hydrogen-bond donors (Lipinski definition) is 2. The topological polar surface area (TPSA) is 66.4 Å². The van der Waals surface area contributed by atoms with Gasteiger partial charge in [0.1, 0.15) is 0 Å². The molecule has 3 rings (SSSR count). The lowest BCUT2D eigenvalue weighted by atomic mass is 10.2. The Morgan fingerprint density at radius 3 is 2.04 bits per heavy atom. The molecule has 27 heavy (non-hydrogen) atoms. The third-order valence-corrected chi connectivity index (χ3v) is 6.77. The van der Waals surface area contributed by atoms with Crippen molar-refractivity contribution in [3.05, 3.63) is 89.5 Å². The molecule has 0 heterocycles. The average molecular weight is 400 g/mol. The minimum absolute atomic E-state index is 0.0363. The van der Waals surface area contributed by atoms with Gasteiger partial charge in [-0.1, -0.05) is 65.9 Å². The first-order valence-electron chi connectivity index (χ1n) is 8.50. The van der Waals surface area contributed by atoms with Gasteiger partial charge in [0.25, 0.3) is 0 Å². The van der Waals surface area contributed by atoms with Crippen LogP contribution in [0.4, 0.5) is 0 Å². The number of aliphatic hydroxyl groups excluding tert-OH is 1. The second-order valence-corrected chi connectivity index (χ2v) is 8.96. The number of benzene rings is 3. The Kier molecular flexibility index (Phi) is 6.34. The van der Waals surface area contributed by atoms with E-state index in [4.69, 9.17) is 0 Å². The van der Waals surface area contributed by atoms with Crippen LogP contribution in [0.25, 0.3) is 0 Å². The van der Waals surface area contributed by atoms with Crippen LogP contribution in [0, 0.1) is 6.92 Å². The standard InChI is InChI=1S/C21H21NO3S2/c1-16-10-12-19(13-11-16)27(24,25)22-14-17-6-2-4-8-20(17)26-21-9-5-3-7-18(21)15-23/h2-13,22-23H,14-15H2,1H3. The van der Waals surface area contributed by atoms with Crippen LogP contribution in [-0.2, 0) is 23.2 Å². The van der Waals surface area contributed by atoms with Crippen LogP contribution in [0.15, 0.2) is 87.5 Å². The first kappa shape index (κ1) is 19.6. The van der Waals surface area contributed by atoms with Gasteiger partial charge in [0, 0.05) is 16.3 Å². The van der Waals surface area contributed by atoms with E-state index in [1.807, 2.05) is 55.5 Å². The summed E-state index contributed by atoms with van der Waals surface area (Å²) in [5, 5.41) is 9.52. The molecule has 3 aromatic rings. The number of rotatable bonds is 7. The molecule has 0 saturated carbocycles. The van der Waals surface area contributed by atoms with Gasteiger partial charge in [-0.05, 0) is 42.3 Å². The van der Waals surface area contributed by atoms with E-state index < -0.39 is 10.0 Å². The molecular formula is C21H21NO3S2. The fraction of sp³-hybridized carbons (Fsp3) is 0.143. The molecule has 0 aliphatic rings. The third-order valence-electron chi connectivity index (χ3n) is 4.12. The summed E-state index contributed by atoms with van der Waals surface area (Å²) in [6, 6.07) is 22.1. The minimum Gasteiger partial charge on any atom is -0.392 e. The Bertz CT molecular complexity index is 1020. The lowest BCUT2D eigenvalue weighted by Gasteiger charge is -2.12. The molecule has 140 valence electrons. The van der Waals surface area contributed by atoms with Crippen LogP contribution in [0.3, 0.4) is 0 Å². The van der Waals surface area contributed by atoms with Crippen LogP contribution in [0.2, 0.25) is 0 Å². The summed E-state index contributed by atoms with van der Waals surface area (Å²) in [5.74, 6) is 0. The maximum atomic E-state index is 12.5. The quantitative estimate of drug-likeness (QED) is 0.627. The largest absolute Gasteiger partial charge is 0.392 e. The summed E-state index contributed by atoms with van der Waals surface area (Å²) in [6.45, 7) is 2.08. The van der Waals surface area contributed by atoms with Crippen molar-refractivity contribution in [1.82, 2.24) is 4.72 Å². The van der Waals surface area contributed by atoms with Gasteiger partial charge >= 0.3 is 0 Å². The van der Waals surface area contributed by atoms with E-state index in [1.54, 1.807) is 24.3 Å². The lowest BCUT2D eigenvalue weighted by Crippen LogP contribution is -2.23. The first-order valence-corrected chi connectivity index (χ1v) is 10.8. The van der Waals surface area contributed by atoms with Gasteiger partial charge in [0.15, 0.2) is 0 Å². The highest BCUT2D eigenvalue weighted by atomic mass is 32.2. The van der Waals surface area contributed by atoms with E-state index in [-0.39, 0.29) is 18.0 Å². The minimum atomic E-state index is -3.58. The normalized spacial score (nSPS) is 11.5. The number of aliphatic hydroxyl groups is 1. The smallest absolute Gasteiger partial charge is 0.240 e. The highest BCUT2D eigenvalue weighted by Gasteiger charge is 2.15.